The van der Waals surface area contributed by atoms with Gasteiger partial charge in [0, 0.05) is 23.6 Å². The number of imide groups is 1. The number of nitrogens with zero attached hydrogens (tertiary/aromatic N) is 1. The zero-order valence-electron chi connectivity index (χ0n) is 15.5. The number of carbonyl (C=O) groups is 4. The van der Waals surface area contributed by atoms with Gasteiger partial charge in [-0.05, 0) is 32.4 Å². The first-order chi connectivity index (χ1) is 13.2. The normalized spacial score (nSPS) is 18.8. The van der Waals surface area contributed by atoms with Gasteiger partial charge in [0.05, 0.1) is 6.61 Å². The number of hydrogen-bond donors (Lipinski definition) is 2. The quantitative estimate of drug-likeness (QED) is 0.383. The molecule has 4 amide bonds. The average Bonchev–Trinajstić information content (AvgIpc) is 2.82. The van der Waals surface area contributed by atoms with E-state index in [1.807, 2.05) is 0 Å². The van der Waals surface area contributed by atoms with E-state index in [0.29, 0.717) is 6.42 Å². The minimum absolute atomic E-state index is 0.0126. The molecule has 0 radical (unpaired) electrons. The lowest BCUT2D eigenvalue weighted by Crippen LogP contribution is -2.43. The summed E-state index contributed by atoms with van der Waals surface area (Å²) in [7, 11) is 0. The predicted molar refractivity (Wildman–Crippen MR) is 97.9 cm³/mol. The van der Waals surface area contributed by atoms with Crippen LogP contribution in [0.3, 0.4) is 0 Å². The highest BCUT2D eigenvalue weighted by Crippen LogP contribution is 2.33. The second kappa shape index (κ2) is 9.01. The van der Waals surface area contributed by atoms with Crippen LogP contribution >= 0.6 is 11.6 Å². The number of carbonyl (C=O) groups excluding carboxylic acids is 4. The third-order valence-electron chi connectivity index (χ3n) is 4.23. The Kier molecular flexibility index (Phi) is 6.95. The van der Waals surface area contributed by atoms with Crippen molar-refractivity contribution < 1.29 is 28.3 Å². The molecule has 0 saturated carbocycles. The minimum atomic E-state index is -1.51. The van der Waals surface area contributed by atoms with Crippen molar-refractivity contribution in [3.05, 3.63) is 34.6 Å². The molecule has 0 aliphatic carbocycles. The molecule has 0 aromatic heterocycles. The molecular weight excluding hydrogens is 393 g/mol. The lowest BCUT2D eigenvalue weighted by Gasteiger charge is -2.23. The van der Waals surface area contributed by atoms with Crippen molar-refractivity contribution in [2.75, 3.05) is 19.7 Å². The highest BCUT2D eigenvalue weighted by molar-refractivity contribution is 6.32. The predicted octanol–water partition coefficient (Wildman–Crippen LogP) is 1.71. The summed E-state index contributed by atoms with van der Waals surface area (Å²) in [5, 5.41) is 5.02. The molecule has 1 saturated heterocycles. The van der Waals surface area contributed by atoms with Gasteiger partial charge in [0.2, 0.25) is 5.91 Å². The van der Waals surface area contributed by atoms with Gasteiger partial charge in [0.1, 0.15) is 17.9 Å². The van der Waals surface area contributed by atoms with E-state index in [9.17, 15) is 23.6 Å². The number of halogens is 2. The van der Waals surface area contributed by atoms with Crippen molar-refractivity contribution in [1.82, 2.24) is 15.5 Å². The largest absolute Gasteiger partial charge is 0.466 e. The first-order valence-electron chi connectivity index (χ1n) is 8.71. The highest BCUT2D eigenvalue weighted by atomic mass is 35.5. The molecule has 1 aliphatic rings. The van der Waals surface area contributed by atoms with Gasteiger partial charge in [-0.15, -0.1) is 0 Å². The summed E-state index contributed by atoms with van der Waals surface area (Å²) in [5.74, 6) is -2.17. The SMILES string of the molecule is CCOC(=O)CCCNC(=O)CN1C(=O)NC(C)(c2ccc(F)cc2Cl)C1=O. The molecule has 8 nitrogen and oxygen atoms in total. The van der Waals surface area contributed by atoms with E-state index in [-0.39, 0.29) is 36.1 Å². The molecule has 1 atom stereocenters. The fourth-order valence-electron chi connectivity index (χ4n) is 2.81. The summed E-state index contributed by atoms with van der Waals surface area (Å²) >= 11 is 6.02. The fourth-order valence-corrected chi connectivity index (χ4v) is 3.17. The van der Waals surface area contributed by atoms with Crippen LogP contribution in [0.1, 0.15) is 32.3 Å². The lowest BCUT2D eigenvalue weighted by atomic mass is 9.92. The number of esters is 1. The summed E-state index contributed by atoms with van der Waals surface area (Å²) in [6.07, 6.45) is 0.520. The molecular formula is C18H21ClFN3O5. The van der Waals surface area contributed by atoms with E-state index >= 15 is 0 Å². The third-order valence-corrected chi connectivity index (χ3v) is 4.54. The Morgan fingerprint density at radius 3 is 2.71 bits per heavy atom. The van der Waals surface area contributed by atoms with E-state index in [0.717, 1.165) is 17.0 Å². The molecule has 1 heterocycles. The second-order valence-electron chi connectivity index (χ2n) is 6.33. The fraction of sp³-hybridized carbons (Fsp3) is 0.444. The van der Waals surface area contributed by atoms with Crippen LogP contribution in [0.5, 0.6) is 0 Å². The van der Waals surface area contributed by atoms with E-state index < -0.39 is 35.7 Å². The summed E-state index contributed by atoms with van der Waals surface area (Å²) in [6, 6.07) is 2.73. The number of nitrogens with one attached hydrogen (secondary N) is 2. The Morgan fingerprint density at radius 2 is 2.07 bits per heavy atom. The first kappa shape index (κ1) is 21.6. The number of rotatable bonds is 8. The Morgan fingerprint density at radius 1 is 1.36 bits per heavy atom. The van der Waals surface area contributed by atoms with Crippen LogP contribution in [0, 0.1) is 5.82 Å². The minimum Gasteiger partial charge on any atom is -0.466 e. The summed E-state index contributed by atoms with van der Waals surface area (Å²) < 4.78 is 18.0. The van der Waals surface area contributed by atoms with Gasteiger partial charge in [-0.3, -0.25) is 19.3 Å². The van der Waals surface area contributed by atoms with E-state index in [4.69, 9.17) is 16.3 Å². The smallest absolute Gasteiger partial charge is 0.325 e. The van der Waals surface area contributed by atoms with Gasteiger partial charge >= 0.3 is 12.0 Å². The Balaban J connectivity index is 1.96. The van der Waals surface area contributed by atoms with Gasteiger partial charge < -0.3 is 15.4 Å². The standard InChI is InChI=1S/C18H21ClFN3O5/c1-3-28-15(25)5-4-8-21-14(24)10-23-16(26)18(2,22-17(23)27)12-7-6-11(20)9-13(12)19/h6-7,9H,3-5,8,10H2,1-2H3,(H,21,24)(H,22,27). The topological polar surface area (TPSA) is 105 Å². The molecule has 1 unspecified atom stereocenters. The molecule has 10 heteroatoms. The molecule has 1 aliphatic heterocycles. The molecule has 0 bridgehead atoms. The zero-order valence-corrected chi connectivity index (χ0v) is 16.3. The first-order valence-corrected chi connectivity index (χ1v) is 9.08. The lowest BCUT2D eigenvalue weighted by molar-refractivity contribution is -0.143. The van der Waals surface area contributed by atoms with E-state index in [2.05, 4.69) is 10.6 Å². The number of urea groups is 1. The Bertz CT molecular complexity index is 803. The second-order valence-corrected chi connectivity index (χ2v) is 6.74. The number of ether oxygens (including phenoxy) is 1. The van der Waals surface area contributed by atoms with Crippen LogP contribution in [-0.2, 0) is 24.7 Å². The maximum Gasteiger partial charge on any atom is 0.325 e. The van der Waals surface area contributed by atoms with E-state index in [1.54, 1.807) is 6.92 Å². The molecule has 1 fully saturated rings. The summed E-state index contributed by atoms with van der Waals surface area (Å²) in [6.45, 7) is 3.13. The van der Waals surface area contributed by atoms with Crippen LogP contribution in [0.4, 0.5) is 9.18 Å². The number of amides is 4. The number of benzene rings is 1. The molecule has 152 valence electrons. The van der Waals surface area contributed by atoms with Gasteiger partial charge in [0.25, 0.3) is 5.91 Å². The van der Waals surface area contributed by atoms with Crippen LogP contribution < -0.4 is 10.6 Å². The highest BCUT2D eigenvalue weighted by Gasteiger charge is 2.50. The summed E-state index contributed by atoms with van der Waals surface area (Å²) in [5.41, 5.74) is -1.28. The molecule has 0 spiro atoms. The van der Waals surface area contributed by atoms with Crippen molar-refractivity contribution in [2.24, 2.45) is 0 Å². The van der Waals surface area contributed by atoms with Crippen LogP contribution in [0.25, 0.3) is 0 Å². The molecule has 2 rings (SSSR count). The van der Waals surface area contributed by atoms with E-state index in [1.165, 1.54) is 13.0 Å². The van der Waals surface area contributed by atoms with Crippen LogP contribution in [0.2, 0.25) is 5.02 Å². The van der Waals surface area contributed by atoms with Crippen molar-refractivity contribution in [3.63, 3.8) is 0 Å². The van der Waals surface area contributed by atoms with Gasteiger partial charge in [0.15, 0.2) is 0 Å². The van der Waals surface area contributed by atoms with Crippen molar-refractivity contribution in [3.8, 4) is 0 Å². The Labute approximate surface area is 166 Å². The van der Waals surface area contributed by atoms with Crippen LogP contribution in [-0.4, -0.2) is 48.4 Å². The number of hydrogen-bond acceptors (Lipinski definition) is 5. The summed E-state index contributed by atoms with van der Waals surface area (Å²) in [4.78, 5) is 49.0. The van der Waals surface area contributed by atoms with Crippen LogP contribution in [0.15, 0.2) is 18.2 Å². The van der Waals surface area contributed by atoms with Crippen molar-refractivity contribution >= 4 is 35.4 Å². The maximum atomic E-state index is 13.3. The average molecular weight is 414 g/mol. The monoisotopic (exact) mass is 413 g/mol. The van der Waals surface area contributed by atoms with Crippen molar-refractivity contribution in [2.45, 2.75) is 32.2 Å². The molecule has 2 N–H and O–H groups in total. The zero-order chi connectivity index (χ0) is 20.9. The van der Waals surface area contributed by atoms with Gasteiger partial charge in [-0.2, -0.15) is 0 Å². The molecule has 1 aromatic rings. The van der Waals surface area contributed by atoms with Gasteiger partial charge in [-0.25, -0.2) is 9.18 Å². The molecule has 28 heavy (non-hydrogen) atoms. The van der Waals surface area contributed by atoms with Crippen molar-refractivity contribution in [1.29, 1.82) is 0 Å². The third kappa shape index (κ3) is 4.78. The van der Waals surface area contributed by atoms with Gasteiger partial charge in [-0.1, -0.05) is 17.7 Å². The Hall–Kier alpha value is -2.68. The molecule has 1 aromatic carbocycles. The maximum absolute atomic E-state index is 13.3.